The zero-order valence-electron chi connectivity index (χ0n) is 24.3. The molecule has 4 aromatic carbocycles. The summed E-state index contributed by atoms with van der Waals surface area (Å²) in [5.74, 6) is -2.49. The van der Waals surface area contributed by atoms with Crippen LogP contribution in [0.2, 0.25) is 0 Å². The van der Waals surface area contributed by atoms with Crippen molar-refractivity contribution < 1.29 is 34.7 Å². The number of hydrogen-bond donors (Lipinski definition) is 4. The first kappa shape index (κ1) is 27.5. The average molecular weight is 613 g/mol. The quantitative estimate of drug-likeness (QED) is 0.143. The van der Waals surface area contributed by atoms with Gasteiger partial charge in [-0.25, -0.2) is 13.9 Å². The third kappa shape index (κ3) is 4.12. The third-order valence-electron chi connectivity index (χ3n) is 9.03. The summed E-state index contributed by atoms with van der Waals surface area (Å²) >= 11 is 0. The highest BCUT2D eigenvalue weighted by atomic mass is 16.7. The van der Waals surface area contributed by atoms with Crippen molar-refractivity contribution >= 4 is 6.16 Å². The van der Waals surface area contributed by atoms with Crippen molar-refractivity contribution in [1.29, 1.82) is 0 Å². The highest BCUT2D eigenvalue weighted by molar-refractivity contribution is 5.80. The second kappa shape index (κ2) is 10.5. The highest BCUT2D eigenvalue weighted by Gasteiger charge is 2.43. The van der Waals surface area contributed by atoms with E-state index in [9.17, 15) is 25.2 Å². The van der Waals surface area contributed by atoms with E-state index in [-0.39, 0.29) is 23.5 Å². The van der Waals surface area contributed by atoms with Crippen LogP contribution >= 0.6 is 0 Å². The Kier molecular flexibility index (Phi) is 6.28. The Bertz CT molecular complexity index is 1850. The molecule has 228 valence electrons. The Labute approximate surface area is 263 Å². The Morgan fingerprint density at radius 3 is 1.00 bits per heavy atom. The Morgan fingerprint density at radius 1 is 0.457 bits per heavy atom. The molecule has 9 heteroatoms. The Morgan fingerprint density at radius 2 is 0.717 bits per heavy atom. The molecule has 0 saturated heterocycles. The van der Waals surface area contributed by atoms with Crippen molar-refractivity contribution in [2.24, 2.45) is 0 Å². The molecule has 2 aliphatic rings. The number of aromatic nitrogens is 2. The number of benzene rings is 4. The second-order valence-corrected chi connectivity index (χ2v) is 11.4. The van der Waals surface area contributed by atoms with Gasteiger partial charge in [0.1, 0.15) is 0 Å². The van der Waals surface area contributed by atoms with Crippen molar-refractivity contribution in [3.05, 3.63) is 144 Å². The molecule has 6 aromatic rings. The van der Waals surface area contributed by atoms with Gasteiger partial charge in [-0.05, 0) is 44.5 Å². The van der Waals surface area contributed by atoms with Crippen LogP contribution in [0.4, 0.5) is 4.79 Å². The van der Waals surface area contributed by atoms with Crippen molar-refractivity contribution in [2.45, 2.75) is 24.3 Å². The fourth-order valence-corrected chi connectivity index (χ4v) is 7.14. The van der Waals surface area contributed by atoms with Crippen molar-refractivity contribution in [1.82, 2.24) is 9.13 Å². The molecule has 46 heavy (non-hydrogen) atoms. The van der Waals surface area contributed by atoms with E-state index in [1.54, 1.807) is 0 Å². The smallest absolute Gasteiger partial charge is 0.494 e. The summed E-state index contributed by atoms with van der Waals surface area (Å²) < 4.78 is 14.5. The molecular formula is C37H28N2O7. The first-order chi connectivity index (χ1) is 22.4. The van der Waals surface area contributed by atoms with Crippen LogP contribution in [0.1, 0.15) is 46.5 Å². The van der Waals surface area contributed by atoms with E-state index in [1.807, 2.05) is 97.1 Å². The molecule has 8 rings (SSSR count). The lowest BCUT2D eigenvalue weighted by Gasteiger charge is -2.30. The minimum absolute atomic E-state index is 0.312. The molecule has 2 unspecified atom stereocenters. The summed E-state index contributed by atoms with van der Waals surface area (Å²) in [6.45, 7) is 0. The van der Waals surface area contributed by atoms with Gasteiger partial charge in [0.25, 0.3) is 0 Å². The molecule has 2 aromatic heterocycles. The van der Waals surface area contributed by atoms with E-state index in [0.29, 0.717) is 0 Å². The van der Waals surface area contributed by atoms with Crippen LogP contribution in [0.5, 0.6) is 23.5 Å². The summed E-state index contributed by atoms with van der Waals surface area (Å²) in [7, 11) is 0. The topological polar surface area (TPSA) is 126 Å². The molecule has 0 aliphatic heterocycles. The number of hydrogen-bond acceptors (Lipinski definition) is 7. The first-order valence-corrected chi connectivity index (χ1v) is 14.8. The second-order valence-electron chi connectivity index (χ2n) is 11.4. The molecular weight excluding hydrogens is 584 g/mol. The third-order valence-corrected chi connectivity index (χ3v) is 9.03. The molecule has 9 nitrogen and oxygen atoms in total. The van der Waals surface area contributed by atoms with E-state index in [1.165, 1.54) is 24.3 Å². The van der Waals surface area contributed by atoms with Crippen LogP contribution < -0.4 is 0 Å². The van der Waals surface area contributed by atoms with Gasteiger partial charge in [0, 0.05) is 24.3 Å². The normalized spacial score (nSPS) is 14.6. The number of carbonyl (C=O) groups excluding carboxylic acids is 1. The summed E-state index contributed by atoms with van der Waals surface area (Å²) in [6.07, 6.45) is -3.69. The summed E-state index contributed by atoms with van der Waals surface area (Å²) in [5.41, 5.74) is 7.11. The maximum atomic E-state index is 14.1. The maximum absolute atomic E-state index is 14.1. The van der Waals surface area contributed by atoms with Gasteiger partial charge in [0.2, 0.25) is 0 Å². The number of ether oxygens (including phenoxy) is 2. The molecule has 0 fully saturated rings. The summed E-state index contributed by atoms with van der Waals surface area (Å²) in [5, 5.41) is 43.5. The predicted molar refractivity (Wildman–Crippen MR) is 169 cm³/mol. The standard InChI is InChI=1S/C37H28N2O7/c40-29-17-18-30(41)38(29)35(33-25-13-5-1-9-21(25)22-10-2-6-14-26(22)33)45-37(44)46-36(39-31(42)19-20-32(39)43)34-27-15-7-3-11-23(27)24-12-4-8-16-28(24)34/h1-20,33-36,40-43H. The van der Waals surface area contributed by atoms with Gasteiger partial charge >= 0.3 is 6.16 Å². The van der Waals surface area contributed by atoms with Crippen LogP contribution in [0.3, 0.4) is 0 Å². The molecule has 2 aliphatic carbocycles. The lowest BCUT2D eigenvalue weighted by Crippen LogP contribution is -2.28. The number of rotatable bonds is 6. The van der Waals surface area contributed by atoms with Gasteiger partial charge in [-0.2, -0.15) is 0 Å². The predicted octanol–water partition coefficient (Wildman–Crippen LogP) is 7.59. The van der Waals surface area contributed by atoms with Gasteiger partial charge in [-0.1, -0.05) is 97.1 Å². The van der Waals surface area contributed by atoms with E-state index in [2.05, 4.69) is 0 Å². The van der Waals surface area contributed by atoms with Crippen molar-refractivity contribution in [3.63, 3.8) is 0 Å². The van der Waals surface area contributed by atoms with Gasteiger partial charge in [0.15, 0.2) is 36.0 Å². The highest BCUT2D eigenvalue weighted by Crippen LogP contribution is 2.54. The van der Waals surface area contributed by atoms with E-state index in [0.717, 1.165) is 53.6 Å². The van der Waals surface area contributed by atoms with Gasteiger partial charge in [0.05, 0.1) is 11.8 Å². The van der Waals surface area contributed by atoms with Crippen LogP contribution in [0.25, 0.3) is 22.3 Å². The zero-order valence-corrected chi connectivity index (χ0v) is 24.3. The molecule has 4 N–H and O–H groups in total. The first-order valence-electron chi connectivity index (χ1n) is 14.8. The van der Waals surface area contributed by atoms with Crippen molar-refractivity contribution in [2.75, 3.05) is 0 Å². The number of fused-ring (bicyclic) bond motifs is 6. The monoisotopic (exact) mass is 612 g/mol. The fraction of sp³-hybridized carbons (Fsp3) is 0.108. The van der Waals surface area contributed by atoms with E-state index < -0.39 is 30.4 Å². The molecule has 2 heterocycles. The van der Waals surface area contributed by atoms with Crippen LogP contribution in [-0.2, 0) is 9.47 Å². The Balaban J connectivity index is 1.23. The minimum atomic E-state index is -1.28. The number of carbonyl (C=O) groups is 1. The SMILES string of the molecule is O=C(OC(C1c2ccccc2-c2ccccc21)n1c(O)ccc1O)OC(C1c2ccccc2-c2ccccc21)n1c(O)ccc1O. The van der Waals surface area contributed by atoms with E-state index in [4.69, 9.17) is 9.47 Å². The molecule has 2 atom stereocenters. The van der Waals surface area contributed by atoms with Gasteiger partial charge < -0.3 is 29.9 Å². The number of aromatic hydroxyl groups is 4. The average Bonchev–Trinajstić information content (AvgIpc) is 3.79. The van der Waals surface area contributed by atoms with Crippen LogP contribution in [0, 0.1) is 0 Å². The molecule has 0 amide bonds. The summed E-state index contributed by atoms with van der Waals surface area (Å²) in [4.78, 5) is 14.1. The largest absolute Gasteiger partial charge is 0.512 e. The summed E-state index contributed by atoms with van der Waals surface area (Å²) in [6, 6.07) is 36.0. The van der Waals surface area contributed by atoms with E-state index >= 15 is 0 Å². The van der Waals surface area contributed by atoms with Crippen LogP contribution in [-0.4, -0.2) is 35.7 Å². The lowest BCUT2D eigenvalue weighted by molar-refractivity contribution is -0.0557. The van der Waals surface area contributed by atoms with Crippen molar-refractivity contribution in [3.8, 4) is 45.8 Å². The molecule has 0 spiro atoms. The van der Waals surface area contributed by atoms with Gasteiger partial charge in [-0.3, -0.25) is 0 Å². The number of nitrogens with zero attached hydrogens (tertiary/aromatic N) is 2. The van der Waals surface area contributed by atoms with Crippen LogP contribution in [0.15, 0.2) is 121 Å². The molecule has 0 bridgehead atoms. The fourth-order valence-electron chi connectivity index (χ4n) is 7.14. The lowest BCUT2D eigenvalue weighted by atomic mass is 9.94. The molecule has 0 radical (unpaired) electrons. The Hall–Kier alpha value is -6.09. The molecule has 0 saturated carbocycles. The minimum Gasteiger partial charge on any atom is -0.494 e. The maximum Gasteiger partial charge on any atom is 0.512 e. The zero-order chi connectivity index (χ0) is 31.5. The van der Waals surface area contributed by atoms with Gasteiger partial charge in [-0.15, -0.1) is 0 Å².